The third-order valence-electron chi connectivity index (χ3n) is 6.27. The van der Waals surface area contributed by atoms with Gasteiger partial charge in [-0.25, -0.2) is 0 Å². The van der Waals surface area contributed by atoms with Crippen molar-refractivity contribution in [2.75, 3.05) is 26.4 Å². The van der Waals surface area contributed by atoms with Gasteiger partial charge in [-0.2, -0.15) is 5.21 Å². The average Bonchev–Trinajstić information content (AvgIpc) is 3.42. The summed E-state index contributed by atoms with van der Waals surface area (Å²) in [5.74, 6) is -0.876. The monoisotopic (exact) mass is 540 g/mol. The molecular formula is C26H48N6O6. The number of rotatable bonds is 26. The van der Waals surface area contributed by atoms with Gasteiger partial charge in [0.05, 0.1) is 19.8 Å². The molecule has 2 amide bonds. The number of aromatic amines is 1. The van der Waals surface area contributed by atoms with E-state index in [0.29, 0.717) is 6.42 Å². The first kappa shape index (κ1) is 33.4. The number of aryl methyl sites for hydroxylation is 1. The van der Waals surface area contributed by atoms with Crippen LogP contribution >= 0.6 is 0 Å². The molecule has 0 spiro atoms. The molecule has 0 aliphatic rings. The molecule has 0 bridgehead atoms. The van der Waals surface area contributed by atoms with Crippen LogP contribution in [0.25, 0.3) is 0 Å². The van der Waals surface area contributed by atoms with Gasteiger partial charge in [0, 0.05) is 25.8 Å². The molecule has 0 saturated carbocycles. The highest BCUT2D eigenvalue weighted by atomic mass is 16.5. The number of carbonyl (C=O) groups excluding carboxylic acids is 2. The Morgan fingerprint density at radius 3 is 2.00 bits per heavy atom. The number of carbonyl (C=O) groups is 3. The van der Waals surface area contributed by atoms with Crippen LogP contribution in [0.15, 0.2) is 0 Å². The minimum absolute atomic E-state index is 0.0337. The van der Waals surface area contributed by atoms with Gasteiger partial charge < -0.3 is 25.6 Å². The summed E-state index contributed by atoms with van der Waals surface area (Å²) in [6.07, 6.45) is 16.2. The molecule has 0 aliphatic heterocycles. The van der Waals surface area contributed by atoms with Crippen molar-refractivity contribution >= 4 is 17.8 Å². The first-order valence-electron chi connectivity index (χ1n) is 14.2. The molecule has 1 aromatic heterocycles. The molecule has 1 atom stereocenters. The molecule has 5 N–H and O–H groups in total. The maximum atomic E-state index is 12.3. The van der Waals surface area contributed by atoms with Crippen LogP contribution in [0.4, 0.5) is 0 Å². The zero-order valence-corrected chi connectivity index (χ0v) is 22.8. The van der Waals surface area contributed by atoms with Crippen LogP contribution in [0.3, 0.4) is 0 Å². The highest BCUT2D eigenvalue weighted by Crippen LogP contribution is 2.13. The Hall–Kier alpha value is -2.60. The second kappa shape index (κ2) is 23.5. The molecule has 0 saturated heterocycles. The molecule has 1 rings (SSSR count). The topological polar surface area (TPSA) is 179 Å². The van der Waals surface area contributed by atoms with E-state index in [1.54, 1.807) is 0 Å². The SMILES string of the molecule is O=C(O)CC[C@@H](NC(=O)CCCCCCCCCCCCCCCc1nn[nH]n1)C(=O)NCCOCCO. The average molecular weight is 541 g/mol. The predicted molar refractivity (Wildman–Crippen MR) is 142 cm³/mol. The molecule has 0 radical (unpaired) electrons. The Bertz CT molecular complexity index is 734. The molecule has 218 valence electrons. The number of unbranched alkanes of at least 4 members (excludes halogenated alkanes) is 12. The number of tetrazole rings is 1. The summed E-state index contributed by atoms with van der Waals surface area (Å²) < 4.78 is 5.08. The third kappa shape index (κ3) is 19.5. The maximum Gasteiger partial charge on any atom is 0.303 e. The van der Waals surface area contributed by atoms with Gasteiger partial charge in [-0.3, -0.25) is 14.4 Å². The van der Waals surface area contributed by atoms with E-state index in [2.05, 4.69) is 31.3 Å². The van der Waals surface area contributed by atoms with Crippen LogP contribution < -0.4 is 10.6 Å². The molecule has 1 heterocycles. The summed E-state index contributed by atoms with van der Waals surface area (Å²) in [7, 11) is 0. The normalized spacial score (nSPS) is 11.8. The quantitative estimate of drug-likeness (QED) is 0.110. The lowest BCUT2D eigenvalue weighted by Crippen LogP contribution is -2.47. The van der Waals surface area contributed by atoms with E-state index in [0.717, 1.165) is 37.9 Å². The molecule has 0 aliphatic carbocycles. The van der Waals surface area contributed by atoms with Crippen molar-refractivity contribution in [3.63, 3.8) is 0 Å². The number of aliphatic hydroxyl groups is 1. The van der Waals surface area contributed by atoms with Crippen molar-refractivity contribution < 1.29 is 29.3 Å². The first-order valence-corrected chi connectivity index (χ1v) is 14.2. The van der Waals surface area contributed by atoms with Crippen LogP contribution in [-0.4, -0.2) is 81.0 Å². The first-order chi connectivity index (χ1) is 18.5. The van der Waals surface area contributed by atoms with Gasteiger partial charge in [0.15, 0.2) is 5.82 Å². The fourth-order valence-corrected chi connectivity index (χ4v) is 4.14. The molecule has 12 heteroatoms. The summed E-state index contributed by atoms with van der Waals surface area (Å²) in [5.41, 5.74) is 0. The summed E-state index contributed by atoms with van der Waals surface area (Å²) >= 11 is 0. The predicted octanol–water partition coefficient (Wildman–Crippen LogP) is 2.68. The van der Waals surface area contributed by atoms with Crippen LogP contribution in [0.5, 0.6) is 0 Å². The number of amides is 2. The van der Waals surface area contributed by atoms with E-state index >= 15 is 0 Å². The van der Waals surface area contributed by atoms with Gasteiger partial charge in [-0.1, -0.05) is 75.8 Å². The van der Waals surface area contributed by atoms with Gasteiger partial charge in [0.2, 0.25) is 11.8 Å². The van der Waals surface area contributed by atoms with Gasteiger partial charge in [-0.15, -0.1) is 10.2 Å². The van der Waals surface area contributed by atoms with Crippen molar-refractivity contribution in [2.45, 2.75) is 115 Å². The number of hydrogen-bond donors (Lipinski definition) is 5. The number of nitrogens with one attached hydrogen (secondary N) is 3. The number of carboxylic acid groups (broad SMARTS) is 1. The van der Waals surface area contributed by atoms with Crippen molar-refractivity contribution in [3.8, 4) is 0 Å². The van der Waals surface area contributed by atoms with Gasteiger partial charge in [0.1, 0.15) is 6.04 Å². The molecule has 12 nitrogen and oxygen atoms in total. The highest BCUT2D eigenvalue weighted by Gasteiger charge is 2.21. The Balaban J connectivity index is 1.98. The molecule has 0 unspecified atom stereocenters. The van der Waals surface area contributed by atoms with Crippen LogP contribution in [0.1, 0.15) is 109 Å². The van der Waals surface area contributed by atoms with Crippen molar-refractivity contribution in [1.29, 1.82) is 0 Å². The van der Waals surface area contributed by atoms with E-state index in [-0.39, 0.29) is 45.1 Å². The fraction of sp³-hybridized carbons (Fsp3) is 0.846. The minimum atomic E-state index is -1.02. The molecule has 38 heavy (non-hydrogen) atoms. The zero-order valence-electron chi connectivity index (χ0n) is 22.8. The van der Waals surface area contributed by atoms with Crippen LogP contribution in [0.2, 0.25) is 0 Å². The van der Waals surface area contributed by atoms with E-state index in [1.165, 1.54) is 57.8 Å². The zero-order chi connectivity index (χ0) is 27.7. The largest absolute Gasteiger partial charge is 0.481 e. The number of hydrogen-bond acceptors (Lipinski definition) is 8. The Kier molecular flexibility index (Phi) is 20.7. The van der Waals surface area contributed by atoms with Crippen LogP contribution in [0, 0.1) is 0 Å². The Morgan fingerprint density at radius 1 is 0.842 bits per heavy atom. The number of ether oxygens (including phenoxy) is 1. The number of carboxylic acids is 1. The number of aromatic nitrogens is 4. The Morgan fingerprint density at radius 2 is 1.45 bits per heavy atom. The number of nitrogens with zero attached hydrogens (tertiary/aromatic N) is 3. The standard InChI is InChI=1S/C26H48N6O6/c33-19-21-38-20-18-27-26(37)22(16-17-25(35)36)28-24(34)15-13-11-9-7-5-3-1-2-4-6-8-10-12-14-23-29-31-32-30-23/h22,33H,1-21H2,(H,27,37)(H,28,34)(H,35,36)(H,29,30,31,32)/t22-/m1/s1. The van der Waals surface area contributed by atoms with Crippen molar-refractivity contribution in [1.82, 2.24) is 31.3 Å². The van der Waals surface area contributed by atoms with E-state index < -0.39 is 17.9 Å². The highest BCUT2D eigenvalue weighted by molar-refractivity contribution is 5.88. The van der Waals surface area contributed by atoms with Crippen molar-refractivity contribution in [3.05, 3.63) is 5.82 Å². The molecular weight excluding hydrogens is 492 g/mol. The number of H-pyrrole nitrogens is 1. The lowest BCUT2D eigenvalue weighted by atomic mass is 10.0. The molecule has 1 aromatic rings. The summed E-state index contributed by atoms with van der Waals surface area (Å²) in [6.45, 7) is 0.538. The fourth-order valence-electron chi connectivity index (χ4n) is 4.14. The van der Waals surface area contributed by atoms with Gasteiger partial charge in [0.25, 0.3) is 0 Å². The second-order valence-electron chi connectivity index (χ2n) is 9.60. The van der Waals surface area contributed by atoms with Gasteiger partial charge in [-0.05, 0) is 19.3 Å². The van der Waals surface area contributed by atoms with E-state index in [1.807, 2.05) is 0 Å². The lowest BCUT2D eigenvalue weighted by molar-refractivity contribution is -0.138. The summed E-state index contributed by atoms with van der Waals surface area (Å²) in [5, 5.41) is 36.9. The minimum Gasteiger partial charge on any atom is -0.481 e. The van der Waals surface area contributed by atoms with Crippen LogP contribution in [-0.2, 0) is 25.5 Å². The molecule has 0 fully saturated rings. The Labute approximate surface area is 226 Å². The lowest BCUT2D eigenvalue weighted by Gasteiger charge is -2.18. The number of aliphatic hydroxyl groups excluding tert-OH is 1. The second-order valence-corrected chi connectivity index (χ2v) is 9.60. The molecule has 0 aromatic carbocycles. The summed E-state index contributed by atoms with van der Waals surface area (Å²) in [6, 6.07) is -0.881. The van der Waals surface area contributed by atoms with E-state index in [9.17, 15) is 14.4 Å². The smallest absolute Gasteiger partial charge is 0.303 e. The number of aliphatic carboxylic acids is 1. The van der Waals surface area contributed by atoms with Crippen molar-refractivity contribution in [2.24, 2.45) is 0 Å². The maximum absolute atomic E-state index is 12.3. The summed E-state index contributed by atoms with van der Waals surface area (Å²) in [4.78, 5) is 35.5. The van der Waals surface area contributed by atoms with Gasteiger partial charge >= 0.3 is 5.97 Å². The van der Waals surface area contributed by atoms with E-state index in [4.69, 9.17) is 14.9 Å². The third-order valence-corrected chi connectivity index (χ3v) is 6.27.